The van der Waals surface area contributed by atoms with E-state index in [1.165, 1.54) is 0 Å². The average molecular weight is 209 g/mol. The molecule has 0 aliphatic heterocycles. The first kappa shape index (κ1) is 11.7. The van der Waals surface area contributed by atoms with Gasteiger partial charge in [-0.25, -0.2) is 0 Å². The lowest BCUT2D eigenvalue weighted by Gasteiger charge is -2.20. The van der Waals surface area contributed by atoms with Crippen LogP contribution in [0.2, 0.25) is 0 Å². The van der Waals surface area contributed by atoms with Crippen LogP contribution in [0, 0.1) is 0 Å². The lowest BCUT2D eigenvalue weighted by Crippen LogP contribution is -2.27. The molecule has 0 bridgehead atoms. The van der Waals surface area contributed by atoms with E-state index in [0.29, 0.717) is 5.95 Å². The van der Waals surface area contributed by atoms with Crippen molar-refractivity contribution < 1.29 is 0 Å². The van der Waals surface area contributed by atoms with Crippen molar-refractivity contribution in [1.82, 2.24) is 15.2 Å². The van der Waals surface area contributed by atoms with Gasteiger partial charge >= 0.3 is 0 Å². The quantitative estimate of drug-likeness (QED) is 0.793. The van der Waals surface area contributed by atoms with Gasteiger partial charge in [0.15, 0.2) is 0 Å². The monoisotopic (exact) mass is 209 g/mol. The van der Waals surface area contributed by atoms with Crippen molar-refractivity contribution in [2.75, 3.05) is 17.2 Å². The molecule has 0 fully saturated rings. The van der Waals surface area contributed by atoms with Gasteiger partial charge in [-0.05, 0) is 27.2 Å². The summed E-state index contributed by atoms with van der Waals surface area (Å²) in [5.74, 6) is 1.32. The van der Waals surface area contributed by atoms with Gasteiger partial charge in [0, 0.05) is 12.1 Å². The van der Waals surface area contributed by atoms with E-state index in [1.807, 2.05) is 0 Å². The molecule has 1 aromatic heterocycles. The maximum absolute atomic E-state index is 4.30. The Kier molecular flexibility index (Phi) is 3.82. The number of anilines is 2. The minimum atomic E-state index is -0.0505. The highest BCUT2D eigenvalue weighted by Crippen LogP contribution is 2.10. The normalized spacial score (nSPS) is 11.2. The second-order valence-electron chi connectivity index (χ2n) is 4.47. The summed E-state index contributed by atoms with van der Waals surface area (Å²) in [7, 11) is 0. The molecule has 5 nitrogen and oxygen atoms in total. The summed E-state index contributed by atoms with van der Waals surface area (Å²) in [6.45, 7) is 9.18. The fourth-order valence-electron chi connectivity index (χ4n) is 1.03. The molecule has 1 rings (SSSR count). The molecule has 0 aliphatic rings. The van der Waals surface area contributed by atoms with Crippen molar-refractivity contribution in [2.45, 2.75) is 39.7 Å². The smallest absolute Gasteiger partial charge is 0.245 e. The Bertz CT molecular complexity index is 305. The van der Waals surface area contributed by atoms with Crippen molar-refractivity contribution >= 4 is 11.8 Å². The molecular formula is C10H19N5. The first-order chi connectivity index (χ1) is 7.01. The predicted octanol–water partition coefficient (Wildman–Crippen LogP) is 1.90. The van der Waals surface area contributed by atoms with Gasteiger partial charge in [-0.1, -0.05) is 6.92 Å². The van der Waals surface area contributed by atoms with E-state index in [-0.39, 0.29) is 5.54 Å². The lowest BCUT2D eigenvalue weighted by molar-refractivity contribution is 0.623. The first-order valence-corrected chi connectivity index (χ1v) is 5.23. The molecule has 84 valence electrons. The van der Waals surface area contributed by atoms with E-state index < -0.39 is 0 Å². The fourth-order valence-corrected chi connectivity index (χ4v) is 1.03. The average Bonchev–Trinajstić information content (AvgIpc) is 2.12. The summed E-state index contributed by atoms with van der Waals surface area (Å²) in [6.07, 6.45) is 2.69. The van der Waals surface area contributed by atoms with Gasteiger partial charge in [-0.2, -0.15) is 10.1 Å². The fraction of sp³-hybridized carbons (Fsp3) is 0.700. The summed E-state index contributed by atoms with van der Waals surface area (Å²) in [5.41, 5.74) is -0.0505. The molecular weight excluding hydrogens is 190 g/mol. The van der Waals surface area contributed by atoms with Gasteiger partial charge in [0.25, 0.3) is 0 Å². The molecule has 0 aliphatic carbocycles. The molecule has 0 unspecified atom stereocenters. The molecule has 0 saturated carbocycles. The molecule has 2 N–H and O–H groups in total. The van der Waals surface area contributed by atoms with E-state index in [2.05, 4.69) is 53.5 Å². The Labute approximate surface area is 90.7 Å². The van der Waals surface area contributed by atoms with Gasteiger partial charge in [-0.15, -0.1) is 5.10 Å². The molecule has 0 spiro atoms. The second-order valence-corrected chi connectivity index (χ2v) is 4.47. The van der Waals surface area contributed by atoms with Crippen molar-refractivity contribution in [3.05, 3.63) is 6.20 Å². The topological polar surface area (TPSA) is 62.7 Å². The van der Waals surface area contributed by atoms with E-state index in [4.69, 9.17) is 0 Å². The zero-order chi connectivity index (χ0) is 11.3. The molecule has 0 saturated heterocycles. The minimum Gasteiger partial charge on any atom is -0.369 e. The zero-order valence-electron chi connectivity index (χ0n) is 9.83. The second kappa shape index (κ2) is 4.91. The van der Waals surface area contributed by atoms with Crippen LogP contribution in [-0.4, -0.2) is 27.3 Å². The Balaban J connectivity index is 2.66. The summed E-state index contributed by atoms with van der Waals surface area (Å²) in [5, 5.41) is 14.1. The van der Waals surface area contributed by atoms with Crippen LogP contribution >= 0.6 is 0 Å². The molecule has 1 aromatic rings. The Hall–Kier alpha value is -1.39. The Morgan fingerprint density at radius 3 is 2.67 bits per heavy atom. The number of rotatable bonds is 4. The number of nitrogens with zero attached hydrogens (tertiary/aromatic N) is 3. The minimum absolute atomic E-state index is 0.0505. The van der Waals surface area contributed by atoms with Gasteiger partial charge in [0.05, 0.1) is 6.20 Å². The Morgan fingerprint density at radius 2 is 2.07 bits per heavy atom. The molecule has 0 aromatic carbocycles. The van der Waals surface area contributed by atoms with Crippen molar-refractivity contribution in [2.24, 2.45) is 0 Å². The van der Waals surface area contributed by atoms with Crippen LogP contribution in [-0.2, 0) is 0 Å². The first-order valence-electron chi connectivity index (χ1n) is 5.23. The standard InChI is InChI=1S/C10H19N5/c1-5-6-11-8-7-12-15-9(13-8)14-10(2,3)4/h7H,5-6H2,1-4H3,(H2,11,13,14,15). The highest BCUT2D eigenvalue weighted by molar-refractivity contribution is 5.37. The lowest BCUT2D eigenvalue weighted by atomic mass is 10.1. The van der Waals surface area contributed by atoms with Crippen molar-refractivity contribution in [1.29, 1.82) is 0 Å². The third kappa shape index (κ3) is 4.58. The molecule has 0 amide bonds. The summed E-state index contributed by atoms with van der Waals surface area (Å²) >= 11 is 0. The van der Waals surface area contributed by atoms with Crippen LogP contribution in [0.15, 0.2) is 6.20 Å². The van der Waals surface area contributed by atoms with Crippen LogP contribution in [0.4, 0.5) is 11.8 Å². The third-order valence-electron chi connectivity index (χ3n) is 1.60. The maximum atomic E-state index is 4.30. The van der Waals surface area contributed by atoms with Gasteiger partial charge < -0.3 is 10.6 Å². The highest BCUT2D eigenvalue weighted by atomic mass is 15.3. The molecule has 1 heterocycles. The molecule has 0 radical (unpaired) electrons. The molecule has 0 atom stereocenters. The number of hydrogen-bond acceptors (Lipinski definition) is 5. The van der Waals surface area contributed by atoms with Crippen LogP contribution in [0.3, 0.4) is 0 Å². The van der Waals surface area contributed by atoms with Crippen LogP contribution in [0.25, 0.3) is 0 Å². The zero-order valence-corrected chi connectivity index (χ0v) is 9.83. The van der Waals surface area contributed by atoms with Gasteiger partial charge in [0.1, 0.15) is 5.82 Å². The number of aromatic nitrogens is 3. The summed E-state index contributed by atoms with van der Waals surface area (Å²) in [4.78, 5) is 4.30. The van der Waals surface area contributed by atoms with Crippen LogP contribution in [0.1, 0.15) is 34.1 Å². The summed E-state index contributed by atoms with van der Waals surface area (Å²) in [6, 6.07) is 0. The van der Waals surface area contributed by atoms with E-state index >= 15 is 0 Å². The molecule has 15 heavy (non-hydrogen) atoms. The maximum Gasteiger partial charge on any atom is 0.245 e. The van der Waals surface area contributed by atoms with E-state index in [0.717, 1.165) is 18.8 Å². The van der Waals surface area contributed by atoms with Crippen LogP contribution < -0.4 is 10.6 Å². The predicted molar refractivity (Wildman–Crippen MR) is 62.0 cm³/mol. The van der Waals surface area contributed by atoms with Crippen LogP contribution in [0.5, 0.6) is 0 Å². The van der Waals surface area contributed by atoms with Gasteiger partial charge in [0.2, 0.25) is 5.95 Å². The number of hydrogen-bond donors (Lipinski definition) is 2. The number of nitrogens with one attached hydrogen (secondary N) is 2. The van der Waals surface area contributed by atoms with E-state index in [9.17, 15) is 0 Å². The largest absolute Gasteiger partial charge is 0.369 e. The van der Waals surface area contributed by atoms with Gasteiger partial charge in [-0.3, -0.25) is 0 Å². The third-order valence-corrected chi connectivity index (χ3v) is 1.60. The molecule has 5 heteroatoms. The van der Waals surface area contributed by atoms with Crippen molar-refractivity contribution in [3.8, 4) is 0 Å². The Morgan fingerprint density at radius 1 is 1.33 bits per heavy atom. The summed E-state index contributed by atoms with van der Waals surface area (Å²) < 4.78 is 0. The van der Waals surface area contributed by atoms with E-state index in [1.54, 1.807) is 6.20 Å². The van der Waals surface area contributed by atoms with Crippen molar-refractivity contribution in [3.63, 3.8) is 0 Å². The highest BCUT2D eigenvalue weighted by Gasteiger charge is 2.11. The SMILES string of the molecule is CCCNc1cnnc(NC(C)(C)C)n1.